The summed E-state index contributed by atoms with van der Waals surface area (Å²) in [6.07, 6.45) is 0.758. The second kappa shape index (κ2) is 6.04. The van der Waals surface area contributed by atoms with Gasteiger partial charge in [-0.15, -0.1) is 0 Å². The van der Waals surface area contributed by atoms with Crippen molar-refractivity contribution in [2.45, 2.75) is 32.4 Å². The molecule has 1 fully saturated rings. The third-order valence-electron chi connectivity index (χ3n) is 4.45. The highest BCUT2D eigenvalue weighted by atomic mass is 16.3. The molecule has 1 aromatic rings. The molecule has 0 amide bonds. The molecule has 3 nitrogen and oxygen atoms in total. The maximum atomic E-state index is 10.8. The molecule has 3 heteroatoms. The minimum absolute atomic E-state index is 0.174. The van der Waals surface area contributed by atoms with Crippen molar-refractivity contribution in [1.29, 1.82) is 0 Å². The van der Waals surface area contributed by atoms with Crippen molar-refractivity contribution in [3.05, 3.63) is 34.9 Å². The van der Waals surface area contributed by atoms with E-state index in [2.05, 4.69) is 49.9 Å². The van der Waals surface area contributed by atoms with E-state index < -0.39 is 6.10 Å². The van der Waals surface area contributed by atoms with Crippen LogP contribution in [0.2, 0.25) is 0 Å². The topological polar surface area (TPSA) is 26.7 Å². The van der Waals surface area contributed by atoms with Gasteiger partial charge in [0.15, 0.2) is 0 Å². The Balaban J connectivity index is 2.26. The monoisotopic (exact) mass is 262 g/mol. The third-order valence-corrected chi connectivity index (χ3v) is 4.45. The fourth-order valence-electron chi connectivity index (χ4n) is 2.95. The van der Waals surface area contributed by atoms with E-state index in [1.165, 1.54) is 17.5 Å². The lowest BCUT2D eigenvalue weighted by Crippen LogP contribution is -2.42. The number of hydrogen-bond acceptors (Lipinski definition) is 3. The molecule has 1 saturated heterocycles. The van der Waals surface area contributed by atoms with Crippen LogP contribution in [0, 0.1) is 13.8 Å². The van der Waals surface area contributed by atoms with E-state index in [1.807, 2.05) is 6.07 Å². The van der Waals surface area contributed by atoms with E-state index in [0.717, 1.165) is 25.2 Å². The van der Waals surface area contributed by atoms with Gasteiger partial charge in [0.25, 0.3) is 0 Å². The number of rotatable bonds is 2. The van der Waals surface area contributed by atoms with Gasteiger partial charge in [-0.1, -0.05) is 18.2 Å². The van der Waals surface area contributed by atoms with Crippen molar-refractivity contribution < 1.29 is 5.11 Å². The first kappa shape index (κ1) is 14.5. The van der Waals surface area contributed by atoms with Crippen molar-refractivity contribution in [1.82, 2.24) is 9.80 Å². The first-order chi connectivity index (χ1) is 9.00. The highest BCUT2D eigenvalue weighted by molar-refractivity contribution is 5.35. The standard InChI is InChI=1S/C16H26N2O/c1-12-7-5-8-14(13(12)2)16(19)15-11-17(3)9-6-10-18(15)4/h5,7-8,15-16,19H,6,9-11H2,1-4H3. The predicted octanol–water partition coefficient (Wildman–Crippen LogP) is 1.97. The molecule has 106 valence electrons. The minimum Gasteiger partial charge on any atom is -0.387 e. The molecule has 0 bridgehead atoms. The molecule has 19 heavy (non-hydrogen) atoms. The normalized spacial score (nSPS) is 24.2. The third kappa shape index (κ3) is 3.16. The van der Waals surface area contributed by atoms with Gasteiger partial charge in [-0.05, 0) is 64.1 Å². The summed E-state index contributed by atoms with van der Waals surface area (Å²) in [7, 11) is 4.26. The number of likely N-dealkylation sites (N-methyl/N-ethyl adjacent to an activating group) is 2. The molecule has 0 spiro atoms. The van der Waals surface area contributed by atoms with Gasteiger partial charge in [-0.2, -0.15) is 0 Å². The number of aryl methyl sites for hydroxylation is 1. The van der Waals surface area contributed by atoms with Crippen LogP contribution < -0.4 is 0 Å². The molecular weight excluding hydrogens is 236 g/mol. The molecule has 0 saturated carbocycles. The molecule has 1 heterocycles. The zero-order chi connectivity index (χ0) is 14.0. The Hall–Kier alpha value is -0.900. The quantitative estimate of drug-likeness (QED) is 0.883. The van der Waals surface area contributed by atoms with E-state index >= 15 is 0 Å². The van der Waals surface area contributed by atoms with E-state index in [4.69, 9.17) is 0 Å². The summed E-state index contributed by atoms with van der Waals surface area (Å²) in [4.78, 5) is 4.62. The molecule has 2 atom stereocenters. The van der Waals surface area contributed by atoms with Crippen molar-refractivity contribution in [3.8, 4) is 0 Å². The number of nitrogens with zero attached hydrogens (tertiary/aromatic N) is 2. The fraction of sp³-hybridized carbons (Fsp3) is 0.625. The minimum atomic E-state index is -0.412. The van der Waals surface area contributed by atoms with Crippen LogP contribution in [0.4, 0.5) is 0 Å². The van der Waals surface area contributed by atoms with E-state index in [-0.39, 0.29) is 6.04 Å². The van der Waals surface area contributed by atoms with Crippen LogP contribution in [-0.4, -0.2) is 54.7 Å². The summed E-state index contributed by atoms with van der Waals surface area (Å²) in [5.41, 5.74) is 3.55. The van der Waals surface area contributed by atoms with E-state index in [0.29, 0.717) is 0 Å². The van der Waals surface area contributed by atoms with Crippen LogP contribution in [0.1, 0.15) is 29.2 Å². The predicted molar refractivity (Wildman–Crippen MR) is 79.4 cm³/mol. The lowest BCUT2D eigenvalue weighted by atomic mass is 9.94. The maximum Gasteiger partial charge on any atom is 0.0960 e. The van der Waals surface area contributed by atoms with Crippen molar-refractivity contribution in [2.24, 2.45) is 0 Å². The number of hydrogen-bond donors (Lipinski definition) is 1. The van der Waals surface area contributed by atoms with E-state index in [1.54, 1.807) is 0 Å². The molecule has 0 radical (unpaired) electrons. The summed E-state index contributed by atoms with van der Waals surface area (Å²) in [5.74, 6) is 0. The second-order valence-electron chi connectivity index (χ2n) is 5.90. The van der Waals surface area contributed by atoms with Gasteiger partial charge in [-0.3, -0.25) is 4.90 Å². The van der Waals surface area contributed by atoms with Gasteiger partial charge in [-0.25, -0.2) is 0 Å². The molecule has 1 N–H and O–H groups in total. The Kier molecular flexibility index (Phi) is 4.61. The molecule has 2 unspecified atom stereocenters. The average Bonchev–Trinajstić information content (AvgIpc) is 2.54. The highest BCUT2D eigenvalue weighted by Gasteiger charge is 2.29. The fourth-order valence-corrected chi connectivity index (χ4v) is 2.95. The van der Waals surface area contributed by atoms with Crippen LogP contribution in [-0.2, 0) is 0 Å². The van der Waals surface area contributed by atoms with Crippen LogP contribution in [0.25, 0.3) is 0 Å². The van der Waals surface area contributed by atoms with Gasteiger partial charge in [0.05, 0.1) is 12.1 Å². The van der Waals surface area contributed by atoms with Crippen LogP contribution in [0.5, 0.6) is 0 Å². The molecule has 0 aliphatic carbocycles. The number of aliphatic hydroxyl groups is 1. The summed E-state index contributed by atoms with van der Waals surface area (Å²) < 4.78 is 0. The SMILES string of the molecule is Cc1cccc(C(O)C2CN(C)CCCN2C)c1C. The van der Waals surface area contributed by atoms with Crippen LogP contribution in [0.15, 0.2) is 18.2 Å². The zero-order valence-electron chi connectivity index (χ0n) is 12.6. The lowest BCUT2D eigenvalue weighted by molar-refractivity contribution is 0.0568. The Morgan fingerprint density at radius 3 is 2.68 bits per heavy atom. The first-order valence-corrected chi connectivity index (χ1v) is 7.13. The van der Waals surface area contributed by atoms with Crippen molar-refractivity contribution >= 4 is 0 Å². The molecule has 1 aliphatic rings. The Bertz CT molecular complexity index is 433. The van der Waals surface area contributed by atoms with Crippen molar-refractivity contribution in [3.63, 3.8) is 0 Å². The number of aliphatic hydroxyl groups excluding tert-OH is 1. The summed E-state index contributed by atoms with van der Waals surface area (Å²) in [6.45, 7) is 7.30. The molecule has 1 aromatic carbocycles. The van der Waals surface area contributed by atoms with Gasteiger partial charge in [0.2, 0.25) is 0 Å². The highest BCUT2D eigenvalue weighted by Crippen LogP contribution is 2.26. The molecule has 1 aliphatic heterocycles. The molecule has 0 aromatic heterocycles. The molecular formula is C16H26N2O. The van der Waals surface area contributed by atoms with Gasteiger partial charge in [0, 0.05) is 6.54 Å². The summed E-state index contributed by atoms with van der Waals surface area (Å²) >= 11 is 0. The average molecular weight is 262 g/mol. The van der Waals surface area contributed by atoms with Crippen LogP contribution in [0.3, 0.4) is 0 Å². The largest absolute Gasteiger partial charge is 0.387 e. The smallest absolute Gasteiger partial charge is 0.0960 e. The van der Waals surface area contributed by atoms with Gasteiger partial charge in [0.1, 0.15) is 0 Å². The van der Waals surface area contributed by atoms with Crippen molar-refractivity contribution in [2.75, 3.05) is 33.7 Å². The first-order valence-electron chi connectivity index (χ1n) is 7.13. The molecule has 2 rings (SSSR count). The summed E-state index contributed by atoms with van der Waals surface area (Å²) in [5, 5.41) is 10.8. The second-order valence-corrected chi connectivity index (χ2v) is 5.90. The van der Waals surface area contributed by atoms with E-state index in [9.17, 15) is 5.11 Å². The van der Waals surface area contributed by atoms with Gasteiger partial charge >= 0.3 is 0 Å². The Morgan fingerprint density at radius 1 is 1.21 bits per heavy atom. The zero-order valence-corrected chi connectivity index (χ0v) is 12.6. The summed E-state index contributed by atoms with van der Waals surface area (Å²) in [6, 6.07) is 6.38. The Morgan fingerprint density at radius 2 is 1.95 bits per heavy atom. The van der Waals surface area contributed by atoms with Gasteiger partial charge < -0.3 is 10.0 Å². The lowest BCUT2D eigenvalue weighted by Gasteiger charge is -2.32. The Labute approximate surface area is 116 Å². The maximum absolute atomic E-state index is 10.8. The number of benzene rings is 1. The van der Waals surface area contributed by atoms with Crippen LogP contribution >= 0.6 is 0 Å².